The minimum atomic E-state index is -0.651. The van der Waals surface area contributed by atoms with Gasteiger partial charge in [-0.2, -0.15) is 0 Å². The third-order valence-corrected chi connectivity index (χ3v) is 3.45. The highest BCUT2D eigenvalue weighted by Crippen LogP contribution is 2.11. The first kappa shape index (κ1) is 19.4. The third kappa shape index (κ3) is 10.2. The maximum atomic E-state index is 11.6. The highest BCUT2D eigenvalue weighted by molar-refractivity contribution is 5.76. The average molecular weight is 287 g/mol. The Morgan fingerprint density at radius 2 is 1.70 bits per heavy atom. The Bertz CT molecular complexity index is 244. The molecular formula is C16H33NO3. The van der Waals surface area contributed by atoms with E-state index in [4.69, 9.17) is 0 Å². The van der Waals surface area contributed by atoms with E-state index in [1.54, 1.807) is 0 Å². The van der Waals surface area contributed by atoms with Gasteiger partial charge in [0.2, 0.25) is 5.91 Å². The molecule has 0 bridgehead atoms. The lowest BCUT2D eigenvalue weighted by molar-refractivity contribution is -0.123. The fourth-order valence-electron chi connectivity index (χ4n) is 2.24. The summed E-state index contributed by atoms with van der Waals surface area (Å²) in [4.78, 5) is 11.6. The van der Waals surface area contributed by atoms with Gasteiger partial charge in [-0.05, 0) is 12.3 Å². The summed E-state index contributed by atoms with van der Waals surface area (Å²) in [5, 5.41) is 22.0. The molecule has 0 aromatic rings. The van der Waals surface area contributed by atoms with Crippen LogP contribution in [0.1, 0.15) is 72.1 Å². The summed E-state index contributed by atoms with van der Waals surface area (Å²) in [5.74, 6) is 0.186. The van der Waals surface area contributed by atoms with Crippen molar-refractivity contribution in [3.8, 4) is 0 Å². The van der Waals surface area contributed by atoms with E-state index in [9.17, 15) is 15.0 Å². The summed E-state index contributed by atoms with van der Waals surface area (Å²) < 4.78 is 0. The van der Waals surface area contributed by atoms with E-state index in [0.717, 1.165) is 12.8 Å². The molecule has 2 atom stereocenters. The topological polar surface area (TPSA) is 69.6 Å². The monoisotopic (exact) mass is 287 g/mol. The van der Waals surface area contributed by atoms with Crippen molar-refractivity contribution >= 4 is 5.91 Å². The Kier molecular flexibility index (Phi) is 11.8. The van der Waals surface area contributed by atoms with Crippen LogP contribution in [0, 0.1) is 5.92 Å². The van der Waals surface area contributed by atoms with Gasteiger partial charge in [-0.3, -0.25) is 4.79 Å². The summed E-state index contributed by atoms with van der Waals surface area (Å²) in [7, 11) is 0. The number of aliphatic hydroxyl groups excluding tert-OH is 2. The molecule has 3 N–H and O–H groups in total. The van der Waals surface area contributed by atoms with E-state index in [1.807, 2.05) is 13.8 Å². The van der Waals surface area contributed by atoms with Crippen LogP contribution in [0.15, 0.2) is 0 Å². The lowest BCUT2D eigenvalue weighted by atomic mass is 10.0. The second-order valence-corrected chi connectivity index (χ2v) is 6.08. The van der Waals surface area contributed by atoms with Gasteiger partial charge in [0.05, 0.1) is 18.8 Å². The van der Waals surface area contributed by atoms with Crippen LogP contribution >= 0.6 is 0 Å². The molecule has 20 heavy (non-hydrogen) atoms. The maximum Gasteiger partial charge on any atom is 0.220 e. The average Bonchev–Trinajstić information content (AvgIpc) is 2.38. The van der Waals surface area contributed by atoms with Crippen molar-refractivity contribution < 1.29 is 15.0 Å². The van der Waals surface area contributed by atoms with Gasteiger partial charge in [-0.25, -0.2) is 0 Å². The van der Waals surface area contributed by atoms with Crippen LogP contribution in [0.5, 0.6) is 0 Å². The molecular weight excluding hydrogens is 254 g/mol. The van der Waals surface area contributed by atoms with Gasteiger partial charge in [-0.15, -0.1) is 0 Å². The van der Waals surface area contributed by atoms with E-state index < -0.39 is 12.1 Å². The van der Waals surface area contributed by atoms with E-state index in [-0.39, 0.29) is 18.4 Å². The van der Waals surface area contributed by atoms with E-state index in [1.165, 1.54) is 25.7 Å². The van der Waals surface area contributed by atoms with Crippen LogP contribution in [-0.2, 0) is 4.79 Å². The zero-order chi connectivity index (χ0) is 15.4. The molecule has 0 aliphatic heterocycles. The van der Waals surface area contributed by atoms with Crippen LogP contribution in [0.4, 0.5) is 0 Å². The predicted molar refractivity (Wildman–Crippen MR) is 82.5 cm³/mol. The molecule has 0 unspecified atom stereocenters. The summed E-state index contributed by atoms with van der Waals surface area (Å²) in [6.07, 6.45) is 7.42. The van der Waals surface area contributed by atoms with Gasteiger partial charge < -0.3 is 15.5 Å². The number of carbonyl (C=O) groups excluding carboxylic acids is 1. The second-order valence-electron chi connectivity index (χ2n) is 6.08. The molecule has 0 radical (unpaired) electrons. The van der Waals surface area contributed by atoms with E-state index >= 15 is 0 Å². The van der Waals surface area contributed by atoms with Crippen molar-refractivity contribution in [2.24, 2.45) is 5.92 Å². The molecule has 4 heteroatoms. The molecule has 0 saturated carbocycles. The lowest BCUT2D eigenvalue weighted by Crippen LogP contribution is -2.46. The SMILES string of the molecule is CCCCCCCC[C@@H](O)[C@H](CO)NC(=O)CC(C)C. The predicted octanol–water partition coefficient (Wildman–Crippen LogP) is 2.62. The standard InChI is InChI=1S/C16H33NO3/c1-4-5-6-7-8-9-10-15(19)14(12-18)17-16(20)11-13(2)3/h13-15,18-19H,4-12H2,1-3H3,(H,17,20)/t14-,15+/m0/s1. The zero-order valence-electron chi connectivity index (χ0n) is 13.4. The maximum absolute atomic E-state index is 11.6. The van der Waals surface area contributed by atoms with Crippen molar-refractivity contribution in [3.05, 3.63) is 0 Å². The molecule has 0 aromatic heterocycles. The van der Waals surface area contributed by atoms with Gasteiger partial charge in [0.15, 0.2) is 0 Å². The Balaban J connectivity index is 3.84. The third-order valence-electron chi connectivity index (χ3n) is 3.45. The molecule has 120 valence electrons. The Labute approximate surface area is 124 Å². The number of aliphatic hydroxyl groups is 2. The normalized spacial score (nSPS) is 14.3. The quantitative estimate of drug-likeness (QED) is 0.483. The first-order valence-electron chi connectivity index (χ1n) is 8.09. The zero-order valence-corrected chi connectivity index (χ0v) is 13.4. The largest absolute Gasteiger partial charge is 0.394 e. The van der Waals surface area contributed by atoms with Gasteiger partial charge in [0.1, 0.15) is 0 Å². The first-order chi connectivity index (χ1) is 9.51. The van der Waals surface area contributed by atoms with Crippen molar-refractivity contribution in [3.63, 3.8) is 0 Å². The van der Waals surface area contributed by atoms with Crippen molar-refractivity contribution in [1.82, 2.24) is 5.32 Å². The van der Waals surface area contributed by atoms with Crippen LogP contribution in [0.3, 0.4) is 0 Å². The first-order valence-corrected chi connectivity index (χ1v) is 8.09. The Morgan fingerprint density at radius 3 is 2.25 bits per heavy atom. The highest BCUT2D eigenvalue weighted by Gasteiger charge is 2.20. The van der Waals surface area contributed by atoms with Gasteiger partial charge >= 0.3 is 0 Å². The Morgan fingerprint density at radius 1 is 1.10 bits per heavy atom. The molecule has 1 amide bonds. The van der Waals surface area contributed by atoms with Crippen LogP contribution in [0.2, 0.25) is 0 Å². The van der Waals surface area contributed by atoms with Crippen molar-refractivity contribution in [2.75, 3.05) is 6.61 Å². The van der Waals surface area contributed by atoms with Gasteiger partial charge in [0.25, 0.3) is 0 Å². The molecule has 0 aliphatic carbocycles. The molecule has 0 fully saturated rings. The summed E-state index contributed by atoms with van der Waals surface area (Å²) in [6.45, 7) is 5.93. The lowest BCUT2D eigenvalue weighted by Gasteiger charge is -2.22. The van der Waals surface area contributed by atoms with Crippen molar-refractivity contribution in [2.45, 2.75) is 84.3 Å². The fourth-order valence-corrected chi connectivity index (χ4v) is 2.24. The molecule has 0 saturated heterocycles. The minimum absolute atomic E-state index is 0.0963. The molecule has 4 nitrogen and oxygen atoms in total. The second kappa shape index (κ2) is 12.2. The number of rotatable bonds is 12. The van der Waals surface area contributed by atoms with Crippen LogP contribution in [0.25, 0.3) is 0 Å². The number of nitrogens with one attached hydrogen (secondary N) is 1. The number of hydrogen-bond acceptors (Lipinski definition) is 3. The molecule has 0 rings (SSSR count). The highest BCUT2D eigenvalue weighted by atomic mass is 16.3. The van der Waals surface area contributed by atoms with Crippen LogP contribution in [-0.4, -0.2) is 34.9 Å². The van der Waals surface area contributed by atoms with Crippen LogP contribution < -0.4 is 5.32 Å². The minimum Gasteiger partial charge on any atom is -0.394 e. The van der Waals surface area contributed by atoms with E-state index in [0.29, 0.717) is 12.8 Å². The molecule has 0 aromatic carbocycles. The molecule has 0 aliphatic rings. The van der Waals surface area contributed by atoms with Gasteiger partial charge in [-0.1, -0.05) is 59.3 Å². The Hall–Kier alpha value is -0.610. The molecule has 0 heterocycles. The number of carbonyl (C=O) groups is 1. The number of unbranched alkanes of at least 4 members (excludes halogenated alkanes) is 5. The fraction of sp³-hybridized carbons (Fsp3) is 0.938. The van der Waals surface area contributed by atoms with E-state index in [2.05, 4.69) is 12.2 Å². The number of hydrogen-bond donors (Lipinski definition) is 3. The smallest absolute Gasteiger partial charge is 0.220 e. The van der Waals surface area contributed by atoms with Crippen molar-refractivity contribution in [1.29, 1.82) is 0 Å². The number of amides is 1. The van der Waals surface area contributed by atoms with Gasteiger partial charge in [0, 0.05) is 6.42 Å². The summed E-state index contributed by atoms with van der Waals surface area (Å²) >= 11 is 0. The summed E-state index contributed by atoms with van der Waals surface area (Å²) in [5.41, 5.74) is 0. The molecule has 0 spiro atoms. The summed E-state index contributed by atoms with van der Waals surface area (Å²) in [6, 6.07) is -0.531.